The van der Waals surface area contributed by atoms with Crippen LogP contribution in [-0.4, -0.2) is 55.5 Å². The number of nitrogens with zero attached hydrogens (tertiary/aromatic N) is 3. The molecule has 9 heteroatoms. The van der Waals surface area contributed by atoms with E-state index in [1.54, 1.807) is 0 Å². The molecule has 3 rings (SSSR count). The monoisotopic (exact) mass is 417 g/mol. The zero-order valence-corrected chi connectivity index (χ0v) is 17.2. The lowest BCUT2D eigenvalue weighted by Crippen LogP contribution is -2.43. The second kappa shape index (κ2) is 10.6. The Labute approximate surface area is 174 Å². The number of nitrogens with one attached hydrogen (secondary N) is 1. The Morgan fingerprint density at radius 3 is 2.79 bits per heavy atom. The first kappa shape index (κ1) is 21.5. The van der Waals surface area contributed by atoms with Crippen molar-refractivity contribution in [2.24, 2.45) is 0 Å². The molecule has 0 spiro atoms. The summed E-state index contributed by atoms with van der Waals surface area (Å²) >= 11 is 1.53. The SMILES string of the molecule is CSC[C@H](O)[C@H](CO)NCc1cn(COCc2ccccc2)c2c(N)ncnc12. The first-order valence-corrected chi connectivity index (χ1v) is 10.7. The van der Waals surface area contributed by atoms with Crippen LogP contribution in [0.25, 0.3) is 11.0 Å². The van der Waals surface area contributed by atoms with Crippen LogP contribution in [0.4, 0.5) is 5.82 Å². The van der Waals surface area contributed by atoms with Crippen molar-refractivity contribution in [2.45, 2.75) is 32.0 Å². The topological polar surface area (TPSA) is 118 Å². The molecule has 0 saturated carbocycles. The van der Waals surface area contributed by atoms with Gasteiger partial charge in [0.1, 0.15) is 18.6 Å². The Bertz CT molecular complexity index is 906. The highest BCUT2D eigenvalue weighted by atomic mass is 32.2. The van der Waals surface area contributed by atoms with Gasteiger partial charge >= 0.3 is 0 Å². The van der Waals surface area contributed by atoms with Gasteiger partial charge in [-0.25, -0.2) is 9.97 Å². The van der Waals surface area contributed by atoms with Crippen molar-refractivity contribution >= 4 is 28.6 Å². The normalized spacial score (nSPS) is 13.6. The summed E-state index contributed by atoms with van der Waals surface area (Å²) in [5.74, 6) is 0.924. The molecule has 29 heavy (non-hydrogen) atoms. The minimum Gasteiger partial charge on any atom is -0.395 e. The van der Waals surface area contributed by atoms with Crippen molar-refractivity contribution in [3.05, 3.63) is 54.0 Å². The predicted octanol–water partition coefficient (Wildman–Crippen LogP) is 1.36. The molecule has 2 heterocycles. The number of ether oxygens (including phenoxy) is 1. The number of aliphatic hydroxyl groups is 2. The molecule has 2 atom stereocenters. The van der Waals surface area contributed by atoms with E-state index in [0.717, 1.165) is 16.6 Å². The van der Waals surface area contributed by atoms with Crippen LogP contribution in [0.2, 0.25) is 0 Å². The van der Waals surface area contributed by atoms with Gasteiger partial charge in [0.05, 0.1) is 30.9 Å². The van der Waals surface area contributed by atoms with Gasteiger partial charge in [0.15, 0.2) is 5.82 Å². The molecule has 0 fully saturated rings. The maximum Gasteiger partial charge on any atom is 0.151 e. The molecule has 0 unspecified atom stereocenters. The molecule has 3 aromatic rings. The van der Waals surface area contributed by atoms with Crippen LogP contribution in [0, 0.1) is 0 Å². The summed E-state index contributed by atoms with van der Waals surface area (Å²) in [7, 11) is 0. The number of thioether (sulfide) groups is 1. The molecule has 156 valence electrons. The zero-order valence-electron chi connectivity index (χ0n) is 16.4. The first-order valence-electron chi connectivity index (χ1n) is 9.35. The third-order valence-electron chi connectivity index (χ3n) is 4.65. The molecule has 5 N–H and O–H groups in total. The Morgan fingerprint density at radius 2 is 2.07 bits per heavy atom. The van der Waals surface area contributed by atoms with Crippen LogP contribution in [0.15, 0.2) is 42.9 Å². The van der Waals surface area contributed by atoms with Crippen LogP contribution in [0.3, 0.4) is 0 Å². The number of fused-ring (bicyclic) bond motifs is 1. The molecular weight excluding hydrogens is 390 g/mol. The zero-order chi connectivity index (χ0) is 20.6. The lowest BCUT2D eigenvalue weighted by molar-refractivity contribution is 0.0667. The smallest absolute Gasteiger partial charge is 0.151 e. The van der Waals surface area contributed by atoms with E-state index < -0.39 is 12.1 Å². The van der Waals surface area contributed by atoms with Gasteiger partial charge in [-0.1, -0.05) is 30.3 Å². The van der Waals surface area contributed by atoms with Gasteiger partial charge in [-0.05, 0) is 11.8 Å². The third-order valence-corrected chi connectivity index (χ3v) is 5.32. The van der Waals surface area contributed by atoms with Gasteiger partial charge in [0.25, 0.3) is 0 Å². The van der Waals surface area contributed by atoms with Crippen molar-refractivity contribution in [1.29, 1.82) is 0 Å². The minimum absolute atomic E-state index is 0.155. The number of hydrogen-bond donors (Lipinski definition) is 4. The fourth-order valence-electron chi connectivity index (χ4n) is 3.14. The molecule has 2 aromatic heterocycles. The van der Waals surface area contributed by atoms with E-state index in [9.17, 15) is 10.2 Å². The summed E-state index contributed by atoms with van der Waals surface area (Å²) in [6, 6.07) is 9.51. The Kier molecular flexibility index (Phi) is 7.84. The van der Waals surface area contributed by atoms with Crippen LogP contribution in [0.5, 0.6) is 0 Å². The second-order valence-corrected chi connectivity index (χ2v) is 7.65. The maximum atomic E-state index is 10.2. The highest BCUT2D eigenvalue weighted by Gasteiger charge is 2.19. The van der Waals surface area contributed by atoms with Gasteiger partial charge in [-0.15, -0.1) is 0 Å². The summed E-state index contributed by atoms with van der Waals surface area (Å²) in [5, 5.41) is 23.0. The summed E-state index contributed by atoms with van der Waals surface area (Å²) in [4.78, 5) is 8.48. The standard InChI is InChI=1S/C20H27N5O3S/c1-29-11-17(27)16(9-26)22-7-15-8-25(19-18(15)23-12-24-20(19)21)13-28-10-14-5-3-2-4-6-14/h2-6,8,12,16-17,22,26-27H,7,9-11,13H2,1H3,(H2,21,23,24)/t16-,17-/m0/s1. The molecule has 1 aromatic carbocycles. The van der Waals surface area contributed by atoms with Gasteiger partial charge < -0.3 is 30.6 Å². The van der Waals surface area contributed by atoms with Crippen molar-refractivity contribution in [1.82, 2.24) is 19.9 Å². The molecular formula is C20H27N5O3S. The number of aliphatic hydroxyl groups excluding tert-OH is 2. The number of benzene rings is 1. The summed E-state index contributed by atoms with van der Waals surface area (Å²) in [6.07, 6.45) is 4.63. The van der Waals surface area contributed by atoms with E-state index in [1.807, 2.05) is 47.4 Å². The van der Waals surface area contributed by atoms with Crippen molar-refractivity contribution in [3.8, 4) is 0 Å². The molecule has 0 radical (unpaired) electrons. The summed E-state index contributed by atoms with van der Waals surface area (Å²) in [6.45, 7) is 1.06. The van der Waals surface area contributed by atoms with E-state index in [1.165, 1.54) is 18.1 Å². The second-order valence-electron chi connectivity index (χ2n) is 6.74. The maximum absolute atomic E-state index is 10.2. The quantitative estimate of drug-likeness (QED) is 0.369. The largest absolute Gasteiger partial charge is 0.395 e. The molecule has 0 aliphatic rings. The number of hydrogen-bond acceptors (Lipinski definition) is 8. The van der Waals surface area contributed by atoms with Crippen molar-refractivity contribution in [3.63, 3.8) is 0 Å². The highest BCUT2D eigenvalue weighted by molar-refractivity contribution is 7.98. The van der Waals surface area contributed by atoms with Crippen LogP contribution < -0.4 is 11.1 Å². The summed E-state index contributed by atoms with van der Waals surface area (Å²) in [5.41, 5.74) is 9.51. The average Bonchev–Trinajstić information content (AvgIpc) is 3.08. The third kappa shape index (κ3) is 5.46. The van der Waals surface area contributed by atoms with E-state index in [0.29, 0.717) is 37.0 Å². The van der Waals surface area contributed by atoms with Crippen molar-refractivity contribution in [2.75, 3.05) is 24.3 Å². The fraction of sp³-hybridized carbons (Fsp3) is 0.400. The van der Waals surface area contributed by atoms with Gasteiger partial charge in [-0.3, -0.25) is 0 Å². The molecule has 0 saturated heterocycles. The number of rotatable bonds is 11. The molecule has 0 bridgehead atoms. The van der Waals surface area contributed by atoms with E-state index in [2.05, 4.69) is 15.3 Å². The molecule has 0 aliphatic carbocycles. The van der Waals surface area contributed by atoms with Crippen LogP contribution in [0.1, 0.15) is 11.1 Å². The van der Waals surface area contributed by atoms with Crippen LogP contribution >= 0.6 is 11.8 Å². The van der Waals surface area contributed by atoms with Gasteiger partial charge in [-0.2, -0.15) is 11.8 Å². The molecule has 0 amide bonds. The predicted molar refractivity (Wildman–Crippen MR) is 115 cm³/mol. The van der Waals surface area contributed by atoms with E-state index in [-0.39, 0.29) is 6.61 Å². The Hall–Kier alpha value is -2.17. The summed E-state index contributed by atoms with van der Waals surface area (Å²) < 4.78 is 7.73. The van der Waals surface area contributed by atoms with Crippen molar-refractivity contribution < 1.29 is 14.9 Å². The van der Waals surface area contributed by atoms with E-state index >= 15 is 0 Å². The van der Waals surface area contributed by atoms with Gasteiger partial charge in [0.2, 0.25) is 0 Å². The average molecular weight is 418 g/mol. The number of nitrogens with two attached hydrogens (primary N) is 1. The highest BCUT2D eigenvalue weighted by Crippen LogP contribution is 2.23. The fourth-order valence-corrected chi connectivity index (χ4v) is 3.72. The molecule has 8 nitrogen and oxygen atoms in total. The number of anilines is 1. The van der Waals surface area contributed by atoms with Gasteiger partial charge in [0, 0.05) is 24.1 Å². The number of nitrogen functional groups attached to an aromatic ring is 1. The lowest BCUT2D eigenvalue weighted by atomic mass is 10.2. The Morgan fingerprint density at radius 1 is 1.28 bits per heavy atom. The lowest BCUT2D eigenvalue weighted by Gasteiger charge is -2.21. The Balaban J connectivity index is 1.73. The van der Waals surface area contributed by atoms with Crippen LogP contribution in [-0.2, 0) is 24.6 Å². The molecule has 0 aliphatic heterocycles. The number of aromatic nitrogens is 3. The van der Waals surface area contributed by atoms with E-state index in [4.69, 9.17) is 10.5 Å². The minimum atomic E-state index is -0.641. The first-order chi connectivity index (χ1) is 14.1.